The van der Waals surface area contributed by atoms with Gasteiger partial charge in [-0.2, -0.15) is 0 Å². The molecule has 0 fully saturated rings. The summed E-state index contributed by atoms with van der Waals surface area (Å²) in [6.07, 6.45) is 0.779. The van der Waals surface area contributed by atoms with E-state index in [1.165, 1.54) is 6.07 Å². The molecule has 0 saturated heterocycles. The van der Waals surface area contributed by atoms with Crippen LogP contribution in [0.25, 0.3) is 0 Å². The number of rotatable bonds is 6. The second-order valence-electron chi connectivity index (χ2n) is 3.77. The van der Waals surface area contributed by atoms with Crippen molar-refractivity contribution in [2.75, 3.05) is 24.4 Å². The van der Waals surface area contributed by atoms with Gasteiger partial charge in [-0.15, -0.1) is 0 Å². The zero-order valence-corrected chi connectivity index (χ0v) is 12.4. The fraction of sp³-hybridized carbons (Fsp3) is 0.500. The van der Waals surface area contributed by atoms with Gasteiger partial charge >= 0.3 is 0 Å². The second kappa shape index (κ2) is 6.72. The molecule has 16 heavy (non-hydrogen) atoms. The van der Waals surface area contributed by atoms with Crippen LogP contribution in [-0.2, 0) is 10.2 Å². The average Bonchev–Trinajstić information content (AvgIpc) is 2.33. The van der Waals surface area contributed by atoms with Crippen LogP contribution < -0.4 is 0 Å². The van der Waals surface area contributed by atoms with E-state index < -0.39 is 0 Å². The molecule has 0 saturated carbocycles. The number of halogens is 3. The van der Waals surface area contributed by atoms with E-state index in [9.17, 15) is 4.39 Å². The first kappa shape index (κ1) is 14.1. The SMILES string of the molecule is COCCC(CBr)(CBr)c1ccccc1F. The van der Waals surface area contributed by atoms with Crippen LogP contribution in [0.3, 0.4) is 0 Å². The monoisotopic (exact) mass is 352 g/mol. The Morgan fingerprint density at radius 1 is 1.25 bits per heavy atom. The number of methoxy groups -OCH3 is 1. The van der Waals surface area contributed by atoms with E-state index in [-0.39, 0.29) is 11.2 Å². The van der Waals surface area contributed by atoms with Crippen molar-refractivity contribution in [1.82, 2.24) is 0 Å². The first-order valence-corrected chi connectivity index (χ1v) is 7.30. The Bertz CT molecular complexity index is 327. The van der Waals surface area contributed by atoms with Gasteiger partial charge in [0, 0.05) is 29.8 Å². The number of ether oxygens (including phenoxy) is 1. The smallest absolute Gasteiger partial charge is 0.127 e. The molecular weight excluding hydrogens is 339 g/mol. The molecule has 90 valence electrons. The van der Waals surface area contributed by atoms with Gasteiger partial charge in [0.2, 0.25) is 0 Å². The van der Waals surface area contributed by atoms with E-state index >= 15 is 0 Å². The molecule has 0 N–H and O–H groups in total. The molecule has 0 aliphatic heterocycles. The van der Waals surface area contributed by atoms with Gasteiger partial charge in [0.1, 0.15) is 5.82 Å². The van der Waals surface area contributed by atoms with Crippen LogP contribution in [0.15, 0.2) is 24.3 Å². The first-order chi connectivity index (χ1) is 7.70. The number of benzene rings is 1. The summed E-state index contributed by atoms with van der Waals surface area (Å²) in [5.41, 5.74) is 0.488. The van der Waals surface area contributed by atoms with Crippen molar-refractivity contribution in [2.45, 2.75) is 11.8 Å². The van der Waals surface area contributed by atoms with Crippen molar-refractivity contribution in [3.8, 4) is 0 Å². The molecule has 0 aromatic heterocycles. The predicted molar refractivity (Wildman–Crippen MR) is 72.2 cm³/mol. The summed E-state index contributed by atoms with van der Waals surface area (Å²) in [5.74, 6) is -0.155. The van der Waals surface area contributed by atoms with Crippen molar-refractivity contribution < 1.29 is 9.13 Å². The van der Waals surface area contributed by atoms with Crippen LogP contribution in [-0.4, -0.2) is 24.4 Å². The van der Waals surface area contributed by atoms with Gasteiger partial charge in [0.05, 0.1) is 0 Å². The fourth-order valence-corrected chi connectivity index (χ4v) is 3.73. The van der Waals surface area contributed by atoms with Crippen molar-refractivity contribution in [1.29, 1.82) is 0 Å². The van der Waals surface area contributed by atoms with Gasteiger partial charge in [-0.25, -0.2) is 4.39 Å². The lowest BCUT2D eigenvalue weighted by atomic mass is 9.81. The largest absolute Gasteiger partial charge is 0.385 e. The summed E-state index contributed by atoms with van der Waals surface area (Å²) >= 11 is 6.96. The van der Waals surface area contributed by atoms with Gasteiger partial charge < -0.3 is 4.74 Å². The molecule has 1 aromatic rings. The zero-order valence-electron chi connectivity index (χ0n) is 9.18. The topological polar surface area (TPSA) is 9.23 Å². The van der Waals surface area contributed by atoms with Crippen LogP contribution in [0.5, 0.6) is 0 Å². The van der Waals surface area contributed by atoms with E-state index in [1.807, 2.05) is 12.1 Å². The Morgan fingerprint density at radius 3 is 2.38 bits per heavy atom. The molecule has 0 bridgehead atoms. The van der Waals surface area contributed by atoms with E-state index in [2.05, 4.69) is 31.9 Å². The summed E-state index contributed by atoms with van der Waals surface area (Å²) in [6, 6.07) is 6.92. The maximum absolute atomic E-state index is 13.8. The molecule has 0 radical (unpaired) electrons. The summed E-state index contributed by atoms with van der Waals surface area (Å²) in [7, 11) is 1.66. The quantitative estimate of drug-likeness (QED) is 0.705. The molecule has 0 amide bonds. The van der Waals surface area contributed by atoms with E-state index in [0.29, 0.717) is 17.3 Å². The lowest BCUT2D eigenvalue weighted by Crippen LogP contribution is -2.32. The third kappa shape index (κ3) is 3.05. The van der Waals surface area contributed by atoms with Crippen molar-refractivity contribution in [2.24, 2.45) is 0 Å². The second-order valence-corrected chi connectivity index (χ2v) is 4.89. The molecule has 0 heterocycles. The van der Waals surface area contributed by atoms with Gasteiger partial charge in [0.15, 0.2) is 0 Å². The van der Waals surface area contributed by atoms with Gasteiger partial charge in [0.25, 0.3) is 0 Å². The Kier molecular flexibility index (Phi) is 5.94. The lowest BCUT2D eigenvalue weighted by molar-refractivity contribution is 0.176. The molecular formula is C12H15Br2FO. The first-order valence-electron chi connectivity index (χ1n) is 5.06. The average molecular weight is 354 g/mol. The Balaban J connectivity index is 3.05. The van der Waals surface area contributed by atoms with Crippen molar-refractivity contribution in [3.63, 3.8) is 0 Å². The standard InChI is InChI=1S/C12H15Br2FO/c1-16-7-6-12(8-13,9-14)10-4-2-3-5-11(10)15/h2-5H,6-9H2,1H3. The highest BCUT2D eigenvalue weighted by molar-refractivity contribution is 9.09. The van der Waals surface area contributed by atoms with E-state index in [4.69, 9.17) is 4.74 Å². The Labute approximate surface area is 113 Å². The summed E-state index contributed by atoms with van der Waals surface area (Å²) in [5, 5.41) is 1.41. The highest BCUT2D eigenvalue weighted by atomic mass is 79.9. The zero-order chi connectivity index (χ0) is 12.0. The van der Waals surface area contributed by atoms with E-state index in [1.54, 1.807) is 13.2 Å². The summed E-state index contributed by atoms with van der Waals surface area (Å²) < 4.78 is 18.9. The van der Waals surface area contributed by atoms with Crippen LogP contribution in [0.2, 0.25) is 0 Å². The minimum atomic E-state index is -0.249. The number of hydrogen-bond acceptors (Lipinski definition) is 1. The third-order valence-corrected chi connectivity index (χ3v) is 4.89. The van der Waals surface area contributed by atoms with Gasteiger partial charge in [-0.1, -0.05) is 50.1 Å². The molecule has 0 aliphatic carbocycles. The number of hydrogen-bond donors (Lipinski definition) is 0. The Hall–Kier alpha value is 0.0700. The van der Waals surface area contributed by atoms with Crippen LogP contribution in [0.4, 0.5) is 4.39 Å². The van der Waals surface area contributed by atoms with Crippen LogP contribution in [0.1, 0.15) is 12.0 Å². The normalized spacial score (nSPS) is 11.8. The molecule has 0 atom stereocenters. The maximum Gasteiger partial charge on any atom is 0.127 e. The molecule has 0 spiro atoms. The molecule has 0 aliphatic rings. The van der Waals surface area contributed by atoms with Crippen molar-refractivity contribution in [3.05, 3.63) is 35.6 Å². The highest BCUT2D eigenvalue weighted by Crippen LogP contribution is 2.34. The van der Waals surface area contributed by atoms with Crippen LogP contribution >= 0.6 is 31.9 Å². The van der Waals surface area contributed by atoms with E-state index in [0.717, 1.165) is 12.0 Å². The minimum Gasteiger partial charge on any atom is -0.385 e. The lowest BCUT2D eigenvalue weighted by Gasteiger charge is -2.30. The molecule has 0 unspecified atom stereocenters. The minimum absolute atomic E-state index is 0.155. The summed E-state index contributed by atoms with van der Waals surface area (Å²) in [6.45, 7) is 0.617. The Morgan fingerprint density at radius 2 is 1.88 bits per heavy atom. The molecule has 1 aromatic carbocycles. The maximum atomic E-state index is 13.8. The molecule has 1 rings (SSSR count). The number of alkyl halides is 2. The van der Waals surface area contributed by atoms with Gasteiger partial charge in [-0.3, -0.25) is 0 Å². The summed E-state index contributed by atoms with van der Waals surface area (Å²) in [4.78, 5) is 0. The third-order valence-electron chi connectivity index (χ3n) is 2.74. The van der Waals surface area contributed by atoms with Gasteiger partial charge in [-0.05, 0) is 18.1 Å². The van der Waals surface area contributed by atoms with Crippen LogP contribution in [0, 0.1) is 5.82 Å². The predicted octanol–water partition coefficient (Wildman–Crippen LogP) is 3.89. The molecule has 4 heteroatoms. The molecule has 1 nitrogen and oxygen atoms in total. The fourth-order valence-electron chi connectivity index (χ4n) is 1.64. The van der Waals surface area contributed by atoms with Crippen molar-refractivity contribution >= 4 is 31.9 Å². The highest BCUT2D eigenvalue weighted by Gasteiger charge is 2.32.